The second kappa shape index (κ2) is 6.34. The summed E-state index contributed by atoms with van der Waals surface area (Å²) in [5, 5.41) is 26.4. The molecule has 1 rings (SSSR count). The van der Waals surface area contributed by atoms with Crippen LogP contribution in [-0.2, 0) is 14.4 Å². The average Bonchev–Trinajstić information content (AvgIpc) is 2.30. The zero-order chi connectivity index (χ0) is 13.7. The van der Waals surface area contributed by atoms with Gasteiger partial charge in [-0.05, 0) is 28.1 Å². The lowest BCUT2D eigenvalue weighted by molar-refractivity contribution is -0.168. The minimum absolute atomic E-state index is 0.404. The second-order valence-electron chi connectivity index (χ2n) is 3.24. The molecule has 0 saturated carbocycles. The molecule has 8 heteroatoms. The number of aliphatic carboxylic acids is 2. The fourth-order valence-electron chi connectivity index (χ4n) is 1.05. The van der Waals surface area contributed by atoms with Gasteiger partial charge in [0.05, 0.1) is 5.69 Å². The van der Waals surface area contributed by atoms with Crippen molar-refractivity contribution >= 4 is 33.6 Å². The van der Waals surface area contributed by atoms with Gasteiger partial charge in [-0.1, -0.05) is 12.1 Å². The lowest BCUT2D eigenvalue weighted by Gasteiger charge is -2.17. The van der Waals surface area contributed by atoms with E-state index in [9.17, 15) is 9.59 Å². The third-order valence-electron chi connectivity index (χ3n) is 1.95. The molecule has 4 N–H and O–H groups in total. The van der Waals surface area contributed by atoms with Gasteiger partial charge in [-0.2, -0.15) is 0 Å². The predicted molar refractivity (Wildman–Crippen MR) is 63.9 cm³/mol. The Kier molecular flexibility index (Phi) is 5.08. The Morgan fingerprint density at radius 2 is 1.83 bits per heavy atom. The first-order valence-corrected chi connectivity index (χ1v) is 5.52. The Morgan fingerprint density at radius 1 is 1.22 bits per heavy atom. The highest BCUT2D eigenvalue weighted by molar-refractivity contribution is 9.10. The molecule has 0 aromatic heterocycles. The van der Waals surface area contributed by atoms with Crippen molar-refractivity contribution in [3.05, 3.63) is 28.7 Å². The van der Waals surface area contributed by atoms with Crippen LogP contribution in [0.15, 0.2) is 28.7 Å². The Labute approximate surface area is 110 Å². The van der Waals surface area contributed by atoms with Crippen molar-refractivity contribution in [2.45, 2.75) is 12.2 Å². The molecule has 0 saturated heterocycles. The first-order valence-electron chi connectivity index (χ1n) is 4.73. The van der Waals surface area contributed by atoms with E-state index in [-0.39, 0.29) is 0 Å². The summed E-state index contributed by atoms with van der Waals surface area (Å²) in [5.74, 6) is -3.28. The Balaban J connectivity index is 2.72. The number of aliphatic hydroxyl groups excluding tert-OH is 1. The molecule has 0 amide bonds. The zero-order valence-corrected chi connectivity index (χ0v) is 10.5. The molecule has 18 heavy (non-hydrogen) atoms. The number of carboxylic acids is 2. The SMILES string of the molecule is O=C(O)C(O)C(ONc1ccccc1Br)C(=O)O. The van der Waals surface area contributed by atoms with Crippen LogP contribution < -0.4 is 5.48 Å². The minimum atomic E-state index is -2.17. The normalized spacial score (nSPS) is 13.7. The summed E-state index contributed by atoms with van der Waals surface area (Å²) in [7, 11) is 0. The van der Waals surface area contributed by atoms with Crippen molar-refractivity contribution in [2.24, 2.45) is 0 Å². The quantitative estimate of drug-likeness (QED) is 0.570. The van der Waals surface area contributed by atoms with Crippen molar-refractivity contribution in [3.63, 3.8) is 0 Å². The smallest absolute Gasteiger partial charge is 0.339 e. The van der Waals surface area contributed by atoms with Gasteiger partial charge in [0, 0.05) is 4.47 Å². The van der Waals surface area contributed by atoms with Gasteiger partial charge in [-0.3, -0.25) is 10.3 Å². The van der Waals surface area contributed by atoms with E-state index in [0.717, 1.165) is 0 Å². The Bertz CT molecular complexity index is 452. The van der Waals surface area contributed by atoms with Crippen LogP contribution in [0.3, 0.4) is 0 Å². The van der Waals surface area contributed by atoms with E-state index in [0.29, 0.717) is 10.2 Å². The van der Waals surface area contributed by atoms with Crippen LogP contribution in [-0.4, -0.2) is 39.5 Å². The summed E-state index contributed by atoms with van der Waals surface area (Å²) >= 11 is 3.18. The van der Waals surface area contributed by atoms with Gasteiger partial charge in [-0.15, -0.1) is 0 Å². The number of benzene rings is 1. The number of halogens is 1. The highest BCUT2D eigenvalue weighted by Gasteiger charge is 2.33. The Hall–Kier alpha value is -1.64. The van der Waals surface area contributed by atoms with Gasteiger partial charge in [0.25, 0.3) is 0 Å². The topological polar surface area (TPSA) is 116 Å². The maximum atomic E-state index is 10.8. The molecule has 0 spiro atoms. The van der Waals surface area contributed by atoms with E-state index in [2.05, 4.69) is 26.2 Å². The van der Waals surface area contributed by atoms with Gasteiger partial charge in [-0.25, -0.2) is 9.59 Å². The number of hydrogen-bond acceptors (Lipinski definition) is 5. The molecule has 2 atom stereocenters. The first-order chi connectivity index (χ1) is 8.43. The van der Waals surface area contributed by atoms with Gasteiger partial charge in [0.15, 0.2) is 6.10 Å². The molecular formula is C10H10BrNO6. The monoisotopic (exact) mass is 319 g/mol. The molecule has 98 valence electrons. The molecule has 1 aromatic rings. The molecule has 1 aromatic carbocycles. The summed E-state index contributed by atoms with van der Waals surface area (Å²) in [5.41, 5.74) is 2.68. The molecule has 0 bridgehead atoms. The second-order valence-corrected chi connectivity index (χ2v) is 4.10. The third kappa shape index (κ3) is 3.69. The molecule has 0 aliphatic heterocycles. The summed E-state index contributed by atoms with van der Waals surface area (Å²) in [6.45, 7) is 0. The lowest BCUT2D eigenvalue weighted by atomic mass is 10.2. The highest BCUT2D eigenvalue weighted by Crippen LogP contribution is 2.21. The van der Waals surface area contributed by atoms with Crippen LogP contribution in [0.5, 0.6) is 0 Å². The number of carboxylic acid groups (broad SMARTS) is 2. The first kappa shape index (κ1) is 14.4. The summed E-state index contributed by atoms with van der Waals surface area (Å²) in [6.07, 6.45) is -4.09. The molecule has 0 heterocycles. The maximum absolute atomic E-state index is 10.8. The van der Waals surface area contributed by atoms with Crippen molar-refractivity contribution in [2.75, 3.05) is 5.48 Å². The van der Waals surface area contributed by atoms with Crippen LogP contribution in [0, 0.1) is 0 Å². The van der Waals surface area contributed by atoms with Crippen LogP contribution >= 0.6 is 15.9 Å². The summed E-state index contributed by atoms with van der Waals surface area (Å²) < 4.78 is 0.596. The van der Waals surface area contributed by atoms with Crippen molar-refractivity contribution in [3.8, 4) is 0 Å². The van der Waals surface area contributed by atoms with E-state index < -0.39 is 24.1 Å². The minimum Gasteiger partial charge on any atom is -0.479 e. The van der Waals surface area contributed by atoms with Crippen LogP contribution in [0.2, 0.25) is 0 Å². The van der Waals surface area contributed by atoms with Crippen molar-refractivity contribution < 1.29 is 29.7 Å². The molecule has 0 radical (unpaired) electrons. The fourth-order valence-corrected chi connectivity index (χ4v) is 1.42. The van der Waals surface area contributed by atoms with Crippen LogP contribution in [0.1, 0.15) is 0 Å². The molecule has 0 aliphatic rings. The number of hydrogen-bond donors (Lipinski definition) is 4. The molecule has 0 aliphatic carbocycles. The number of para-hydroxylation sites is 1. The number of nitrogens with one attached hydrogen (secondary N) is 1. The lowest BCUT2D eigenvalue weighted by Crippen LogP contribution is -2.42. The molecular weight excluding hydrogens is 310 g/mol. The standard InChI is InChI=1S/C10H10BrNO6/c11-5-3-1-2-4-6(5)12-18-8(10(16)17)7(13)9(14)15/h1-4,7-8,12-13H,(H,14,15)(H,16,17). The van der Waals surface area contributed by atoms with Gasteiger partial charge >= 0.3 is 11.9 Å². The van der Waals surface area contributed by atoms with Gasteiger partial charge in [0.2, 0.25) is 6.10 Å². The maximum Gasteiger partial charge on any atom is 0.339 e. The third-order valence-corrected chi connectivity index (χ3v) is 2.64. The molecule has 0 fully saturated rings. The number of rotatable bonds is 6. The van der Waals surface area contributed by atoms with E-state index in [1.807, 2.05) is 0 Å². The van der Waals surface area contributed by atoms with Gasteiger partial charge < -0.3 is 15.3 Å². The van der Waals surface area contributed by atoms with Gasteiger partial charge in [0.1, 0.15) is 0 Å². The highest BCUT2D eigenvalue weighted by atomic mass is 79.9. The van der Waals surface area contributed by atoms with E-state index in [1.165, 1.54) is 0 Å². The van der Waals surface area contributed by atoms with Crippen LogP contribution in [0.4, 0.5) is 5.69 Å². The largest absolute Gasteiger partial charge is 0.479 e. The van der Waals surface area contributed by atoms with Crippen molar-refractivity contribution in [1.82, 2.24) is 0 Å². The van der Waals surface area contributed by atoms with Crippen LogP contribution in [0.25, 0.3) is 0 Å². The predicted octanol–water partition coefficient (Wildman–Crippen LogP) is 0.691. The van der Waals surface area contributed by atoms with E-state index in [4.69, 9.17) is 15.3 Å². The van der Waals surface area contributed by atoms with E-state index >= 15 is 0 Å². The van der Waals surface area contributed by atoms with E-state index in [1.54, 1.807) is 24.3 Å². The number of anilines is 1. The Morgan fingerprint density at radius 3 is 2.33 bits per heavy atom. The zero-order valence-electron chi connectivity index (χ0n) is 8.91. The molecule has 2 unspecified atom stereocenters. The summed E-state index contributed by atoms with van der Waals surface area (Å²) in [4.78, 5) is 25.9. The molecule has 7 nitrogen and oxygen atoms in total. The average molecular weight is 320 g/mol. The number of carbonyl (C=O) groups is 2. The summed E-state index contributed by atoms with van der Waals surface area (Å²) in [6, 6.07) is 6.65. The van der Waals surface area contributed by atoms with Crippen molar-refractivity contribution in [1.29, 1.82) is 0 Å². The number of aliphatic hydroxyl groups is 1. The fraction of sp³-hybridized carbons (Fsp3) is 0.200.